The second-order valence-electron chi connectivity index (χ2n) is 5.23. The molecule has 2 nitrogen and oxygen atoms in total. The summed E-state index contributed by atoms with van der Waals surface area (Å²) in [5.74, 6) is 0. The van der Waals surface area contributed by atoms with E-state index in [0.29, 0.717) is 6.61 Å². The first-order chi connectivity index (χ1) is 7.42. The average Bonchev–Trinajstić information content (AvgIpc) is 2.45. The lowest BCUT2D eigenvalue weighted by atomic mass is 9.96. The smallest absolute Gasteiger partial charge is 0.104 e. The van der Waals surface area contributed by atoms with Gasteiger partial charge in [0.05, 0.1) is 12.2 Å². The first kappa shape index (κ1) is 13.5. The van der Waals surface area contributed by atoms with Crippen molar-refractivity contribution in [2.45, 2.75) is 58.7 Å². The molecule has 0 unspecified atom stereocenters. The Morgan fingerprint density at radius 2 is 2.12 bits per heavy atom. The Morgan fingerprint density at radius 1 is 1.44 bits per heavy atom. The molecule has 2 atom stereocenters. The van der Waals surface area contributed by atoms with E-state index in [9.17, 15) is 5.11 Å². The van der Waals surface area contributed by atoms with Crippen molar-refractivity contribution in [3.63, 3.8) is 0 Å². The van der Waals surface area contributed by atoms with Gasteiger partial charge < -0.3 is 9.84 Å². The van der Waals surface area contributed by atoms with Gasteiger partial charge in [-0.3, -0.25) is 0 Å². The lowest BCUT2D eigenvalue weighted by molar-refractivity contribution is 0.00169. The molecule has 1 N–H and O–H groups in total. The van der Waals surface area contributed by atoms with Crippen LogP contribution in [0.1, 0.15) is 47.0 Å². The molecule has 0 bridgehead atoms. The van der Waals surface area contributed by atoms with E-state index in [-0.39, 0.29) is 6.10 Å². The van der Waals surface area contributed by atoms with Crippen molar-refractivity contribution in [2.24, 2.45) is 0 Å². The molecule has 0 aliphatic carbocycles. The molecule has 0 aromatic carbocycles. The predicted octanol–water partition coefficient (Wildman–Crippen LogP) is 3.22. The fraction of sp³-hybridized carbons (Fsp3) is 0.714. The quantitative estimate of drug-likeness (QED) is 0.743. The van der Waals surface area contributed by atoms with Crippen LogP contribution in [0.2, 0.25) is 0 Å². The van der Waals surface area contributed by atoms with E-state index < -0.39 is 5.60 Å². The standard InChI is InChI=1S/C14H24O2/c1-11(2)6-5-7-12(3)10-13-14(4,15)8-9-16-13/h6,10,13,15H,5,7-9H2,1-4H3/b12-10-/t13-,14+/m1/s1. The lowest BCUT2D eigenvalue weighted by Crippen LogP contribution is -2.33. The van der Waals surface area contributed by atoms with E-state index in [1.807, 2.05) is 6.92 Å². The Kier molecular flexibility index (Phi) is 4.75. The van der Waals surface area contributed by atoms with E-state index in [4.69, 9.17) is 4.74 Å². The third-order valence-electron chi connectivity index (χ3n) is 3.05. The van der Waals surface area contributed by atoms with Crippen LogP contribution in [0.4, 0.5) is 0 Å². The van der Waals surface area contributed by atoms with Crippen molar-refractivity contribution in [1.29, 1.82) is 0 Å². The Morgan fingerprint density at radius 3 is 2.62 bits per heavy atom. The largest absolute Gasteiger partial charge is 0.387 e. The summed E-state index contributed by atoms with van der Waals surface area (Å²) < 4.78 is 5.52. The minimum atomic E-state index is -0.683. The van der Waals surface area contributed by atoms with Gasteiger partial charge in [0.25, 0.3) is 0 Å². The summed E-state index contributed by atoms with van der Waals surface area (Å²) in [4.78, 5) is 0. The van der Waals surface area contributed by atoms with Crippen molar-refractivity contribution in [1.82, 2.24) is 0 Å². The summed E-state index contributed by atoms with van der Waals surface area (Å²) in [5, 5.41) is 10.0. The molecule has 0 aromatic rings. The number of hydrogen-bond acceptors (Lipinski definition) is 2. The maximum Gasteiger partial charge on any atom is 0.104 e. The summed E-state index contributed by atoms with van der Waals surface area (Å²) in [5.41, 5.74) is 1.97. The van der Waals surface area contributed by atoms with E-state index in [1.165, 1.54) is 11.1 Å². The van der Waals surface area contributed by atoms with Gasteiger partial charge >= 0.3 is 0 Å². The fourth-order valence-corrected chi connectivity index (χ4v) is 1.87. The average molecular weight is 224 g/mol. The SMILES string of the molecule is CC(C)=CCC/C(C)=C\[C@H]1OCC[C@]1(C)O. The highest BCUT2D eigenvalue weighted by Crippen LogP contribution is 2.27. The molecule has 0 aromatic heterocycles. The van der Waals surface area contributed by atoms with E-state index >= 15 is 0 Å². The first-order valence-electron chi connectivity index (χ1n) is 6.06. The van der Waals surface area contributed by atoms with Crippen molar-refractivity contribution >= 4 is 0 Å². The number of hydrogen-bond donors (Lipinski definition) is 1. The van der Waals surface area contributed by atoms with E-state index in [2.05, 4.69) is 32.9 Å². The number of rotatable bonds is 4. The van der Waals surface area contributed by atoms with Crippen LogP contribution >= 0.6 is 0 Å². The predicted molar refractivity (Wildman–Crippen MR) is 67.4 cm³/mol. The van der Waals surface area contributed by atoms with Crippen molar-refractivity contribution in [2.75, 3.05) is 6.61 Å². The fourth-order valence-electron chi connectivity index (χ4n) is 1.87. The summed E-state index contributed by atoms with van der Waals surface area (Å²) in [7, 11) is 0. The second kappa shape index (κ2) is 5.65. The van der Waals surface area contributed by atoms with Gasteiger partial charge in [0.2, 0.25) is 0 Å². The molecule has 0 amide bonds. The molecule has 16 heavy (non-hydrogen) atoms. The van der Waals surface area contributed by atoms with Crippen LogP contribution in [0.3, 0.4) is 0 Å². The molecule has 0 radical (unpaired) electrons. The van der Waals surface area contributed by atoms with Crippen molar-refractivity contribution < 1.29 is 9.84 Å². The molecule has 0 saturated carbocycles. The minimum absolute atomic E-state index is 0.126. The highest BCUT2D eigenvalue weighted by atomic mass is 16.5. The molecule has 2 heteroatoms. The summed E-state index contributed by atoms with van der Waals surface area (Å²) >= 11 is 0. The van der Waals surface area contributed by atoms with Crippen LogP contribution in [0.5, 0.6) is 0 Å². The van der Waals surface area contributed by atoms with E-state index in [1.54, 1.807) is 0 Å². The number of aliphatic hydroxyl groups is 1. The van der Waals surface area contributed by atoms with Crippen LogP contribution < -0.4 is 0 Å². The van der Waals surface area contributed by atoms with Crippen LogP contribution in [0.25, 0.3) is 0 Å². The molecule has 1 aliphatic heterocycles. The Balaban J connectivity index is 2.47. The van der Waals surface area contributed by atoms with Crippen LogP contribution in [0, 0.1) is 0 Å². The molecule has 1 rings (SSSR count). The zero-order valence-corrected chi connectivity index (χ0v) is 10.9. The summed E-state index contributed by atoms with van der Waals surface area (Å²) in [6.07, 6.45) is 7.03. The van der Waals surface area contributed by atoms with Gasteiger partial charge in [0.1, 0.15) is 6.10 Å². The normalized spacial score (nSPS) is 30.6. The molecular formula is C14H24O2. The maximum absolute atomic E-state index is 10.0. The van der Waals surface area contributed by atoms with Gasteiger partial charge in [-0.05, 0) is 40.5 Å². The zero-order chi connectivity index (χ0) is 12.2. The Bertz CT molecular complexity index is 283. The monoisotopic (exact) mass is 224 g/mol. The van der Waals surface area contributed by atoms with E-state index in [0.717, 1.165) is 19.3 Å². The Hall–Kier alpha value is -0.600. The molecule has 0 spiro atoms. The summed E-state index contributed by atoms with van der Waals surface area (Å²) in [6.45, 7) is 8.85. The maximum atomic E-state index is 10.0. The molecule has 1 fully saturated rings. The third kappa shape index (κ3) is 4.11. The van der Waals surface area contributed by atoms with Gasteiger partial charge in [-0.1, -0.05) is 23.3 Å². The lowest BCUT2D eigenvalue weighted by Gasteiger charge is -2.21. The molecular weight excluding hydrogens is 200 g/mol. The first-order valence-corrected chi connectivity index (χ1v) is 6.06. The van der Waals surface area contributed by atoms with Crippen LogP contribution in [-0.2, 0) is 4.74 Å². The second-order valence-corrected chi connectivity index (χ2v) is 5.23. The van der Waals surface area contributed by atoms with Gasteiger partial charge in [-0.25, -0.2) is 0 Å². The van der Waals surface area contributed by atoms with Gasteiger partial charge in [-0.2, -0.15) is 0 Å². The number of allylic oxidation sites excluding steroid dienone is 3. The molecule has 1 heterocycles. The molecule has 1 aliphatic rings. The highest BCUT2D eigenvalue weighted by molar-refractivity contribution is 5.10. The van der Waals surface area contributed by atoms with Crippen molar-refractivity contribution in [3.05, 3.63) is 23.3 Å². The number of ether oxygens (including phenoxy) is 1. The van der Waals surface area contributed by atoms with Crippen LogP contribution in [0.15, 0.2) is 23.3 Å². The minimum Gasteiger partial charge on any atom is -0.387 e. The third-order valence-corrected chi connectivity index (χ3v) is 3.05. The summed E-state index contributed by atoms with van der Waals surface area (Å²) in [6, 6.07) is 0. The van der Waals surface area contributed by atoms with Gasteiger partial charge in [0.15, 0.2) is 0 Å². The van der Waals surface area contributed by atoms with Gasteiger partial charge in [-0.15, -0.1) is 0 Å². The van der Waals surface area contributed by atoms with Crippen LogP contribution in [-0.4, -0.2) is 23.4 Å². The van der Waals surface area contributed by atoms with Crippen molar-refractivity contribution in [3.8, 4) is 0 Å². The topological polar surface area (TPSA) is 29.5 Å². The zero-order valence-electron chi connectivity index (χ0n) is 10.9. The van der Waals surface area contributed by atoms with Gasteiger partial charge in [0, 0.05) is 6.42 Å². The Labute approximate surface area is 99.0 Å². The molecule has 1 saturated heterocycles. The highest BCUT2D eigenvalue weighted by Gasteiger charge is 2.36. The molecule has 92 valence electrons.